The van der Waals surface area contributed by atoms with E-state index in [-0.39, 0.29) is 11.3 Å². The lowest BCUT2D eigenvalue weighted by atomic mass is 9.84. The van der Waals surface area contributed by atoms with Gasteiger partial charge in [-0.25, -0.2) is 0 Å². The first-order chi connectivity index (χ1) is 9.35. The summed E-state index contributed by atoms with van der Waals surface area (Å²) in [7, 11) is 0. The quantitative estimate of drug-likeness (QED) is 0.843. The summed E-state index contributed by atoms with van der Waals surface area (Å²) < 4.78 is 0. The van der Waals surface area contributed by atoms with Gasteiger partial charge in [-0.05, 0) is 43.0 Å². The SMILES string of the molecule is CC1(C)CCCN(CC(=O)Nc2ccc(N)cc2Cl)C1. The third kappa shape index (κ3) is 4.12. The molecule has 1 aromatic rings. The van der Waals surface area contributed by atoms with Crippen LogP contribution in [0.15, 0.2) is 18.2 Å². The molecule has 110 valence electrons. The summed E-state index contributed by atoms with van der Waals surface area (Å²) in [6, 6.07) is 5.10. The number of carbonyl (C=O) groups is 1. The van der Waals surface area contributed by atoms with Crippen LogP contribution in [-0.4, -0.2) is 30.4 Å². The van der Waals surface area contributed by atoms with Crippen molar-refractivity contribution in [1.29, 1.82) is 0 Å². The molecule has 20 heavy (non-hydrogen) atoms. The number of nitrogens with one attached hydrogen (secondary N) is 1. The van der Waals surface area contributed by atoms with E-state index in [9.17, 15) is 4.79 Å². The van der Waals surface area contributed by atoms with Crippen LogP contribution < -0.4 is 11.1 Å². The summed E-state index contributed by atoms with van der Waals surface area (Å²) in [5, 5.41) is 3.31. The lowest BCUT2D eigenvalue weighted by Crippen LogP contribution is -2.43. The van der Waals surface area contributed by atoms with E-state index in [1.165, 1.54) is 6.42 Å². The second-order valence-electron chi connectivity index (χ2n) is 6.27. The molecule has 1 saturated heterocycles. The smallest absolute Gasteiger partial charge is 0.238 e. The van der Waals surface area contributed by atoms with Crippen LogP contribution in [0.2, 0.25) is 5.02 Å². The van der Waals surface area contributed by atoms with Crippen LogP contribution in [-0.2, 0) is 4.79 Å². The largest absolute Gasteiger partial charge is 0.399 e. The van der Waals surface area contributed by atoms with Crippen molar-refractivity contribution in [2.24, 2.45) is 5.41 Å². The average molecular weight is 296 g/mol. The number of rotatable bonds is 3. The molecule has 0 saturated carbocycles. The molecule has 0 aliphatic carbocycles. The number of amides is 1. The molecule has 5 heteroatoms. The van der Waals surface area contributed by atoms with E-state index < -0.39 is 0 Å². The van der Waals surface area contributed by atoms with Gasteiger partial charge in [0.1, 0.15) is 0 Å². The second-order valence-corrected chi connectivity index (χ2v) is 6.67. The molecular formula is C15H22ClN3O. The number of nitrogens with two attached hydrogens (primary N) is 1. The number of carbonyl (C=O) groups excluding carboxylic acids is 1. The number of hydrogen-bond acceptors (Lipinski definition) is 3. The van der Waals surface area contributed by atoms with Gasteiger partial charge in [-0.3, -0.25) is 9.69 Å². The van der Waals surface area contributed by atoms with Gasteiger partial charge in [-0.2, -0.15) is 0 Å². The number of piperidine rings is 1. The first-order valence-corrected chi connectivity index (χ1v) is 7.31. The Morgan fingerprint density at radius 3 is 2.90 bits per heavy atom. The van der Waals surface area contributed by atoms with E-state index in [4.69, 9.17) is 17.3 Å². The number of hydrogen-bond donors (Lipinski definition) is 2. The molecule has 1 heterocycles. The van der Waals surface area contributed by atoms with Crippen LogP contribution in [0.4, 0.5) is 11.4 Å². The molecule has 4 nitrogen and oxygen atoms in total. The summed E-state index contributed by atoms with van der Waals surface area (Å²) in [5.41, 5.74) is 7.12. The maximum atomic E-state index is 12.1. The van der Waals surface area contributed by atoms with E-state index in [0.717, 1.165) is 19.5 Å². The lowest BCUT2D eigenvalue weighted by molar-refractivity contribution is -0.118. The van der Waals surface area contributed by atoms with Gasteiger partial charge in [0.2, 0.25) is 5.91 Å². The number of nitrogens with zero attached hydrogens (tertiary/aromatic N) is 1. The topological polar surface area (TPSA) is 58.4 Å². The van der Waals surface area contributed by atoms with Crippen LogP contribution in [0.25, 0.3) is 0 Å². The molecule has 1 aliphatic rings. The number of likely N-dealkylation sites (tertiary alicyclic amines) is 1. The minimum atomic E-state index is -0.0330. The number of halogens is 1. The van der Waals surface area contributed by atoms with Crippen LogP contribution >= 0.6 is 11.6 Å². The number of nitrogen functional groups attached to an aromatic ring is 1. The Bertz CT molecular complexity index is 502. The molecule has 1 aromatic carbocycles. The zero-order chi connectivity index (χ0) is 14.8. The summed E-state index contributed by atoms with van der Waals surface area (Å²) in [6.07, 6.45) is 2.36. The van der Waals surface area contributed by atoms with E-state index in [1.807, 2.05) is 0 Å². The van der Waals surface area contributed by atoms with E-state index in [2.05, 4.69) is 24.1 Å². The second kappa shape index (κ2) is 6.02. The molecule has 0 spiro atoms. The number of anilines is 2. The third-order valence-electron chi connectivity index (χ3n) is 3.61. The Labute approximate surface area is 125 Å². The van der Waals surface area contributed by atoms with Crippen molar-refractivity contribution in [3.63, 3.8) is 0 Å². The predicted octanol–water partition coefficient (Wildman–Crippen LogP) is 2.98. The highest BCUT2D eigenvalue weighted by molar-refractivity contribution is 6.34. The van der Waals surface area contributed by atoms with Crippen LogP contribution in [0.3, 0.4) is 0 Å². The molecular weight excluding hydrogens is 274 g/mol. The maximum Gasteiger partial charge on any atom is 0.238 e. The van der Waals surface area contributed by atoms with Gasteiger partial charge in [-0.15, -0.1) is 0 Å². The minimum Gasteiger partial charge on any atom is -0.399 e. The predicted molar refractivity (Wildman–Crippen MR) is 83.9 cm³/mol. The van der Waals surface area contributed by atoms with Crippen LogP contribution in [0.1, 0.15) is 26.7 Å². The Kier molecular flexibility index (Phi) is 4.55. The molecule has 0 aromatic heterocycles. The standard InChI is InChI=1S/C15H22ClN3O/c1-15(2)6-3-7-19(10-15)9-14(20)18-13-5-4-11(17)8-12(13)16/h4-5,8H,3,6-7,9-10,17H2,1-2H3,(H,18,20). The molecule has 2 rings (SSSR count). The average Bonchev–Trinajstić information content (AvgIpc) is 2.31. The fraction of sp³-hybridized carbons (Fsp3) is 0.533. The summed E-state index contributed by atoms with van der Waals surface area (Å²) in [5.74, 6) is -0.0330. The monoisotopic (exact) mass is 295 g/mol. The number of benzene rings is 1. The van der Waals surface area contributed by atoms with Crippen LogP contribution in [0.5, 0.6) is 0 Å². The fourth-order valence-corrected chi connectivity index (χ4v) is 2.94. The Morgan fingerprint density at radius 1 is 1.50 bits per heavy atom. The van der Waals surface area contributed by atoms with Crippen molar-refractivity contribution in [1.82, 2.24) is 4.90 Å². The highest BCUT2D eigenvalue weighted by atomic mass is 35.5. The van der Waals surface area contributed by atoms with Gasteiger partial charge in [0.25, 0.3) is 0 Å². The van der Waals surface area contributed by atoms with Crippen LogP contribution in [0, 0.1) is 5.41 Å². The van der Waals surface area contributed by atoms with Crippen molar-refractivity contribution in [2.45, 2.75) is 26.7 Å². The lowest BCUT2D eigenvalue weighted by Gasteiger charge is -2.37. The highest BCUT2D eigenvalue weighted by Gasteiger charge is 2.27. The highest BCUT2D eigenvalue weighted by Crippen LogP contribution is 2.28. The van der Waals surface area contributed by atoms with Gasteiger partial charge in [0.05, 0.1) is 17.3 Å². The summed E-state index contributed by atoms with van der Waals surface area (Å²) in [6.45, 7) is 6.83. The fourth-order valence-electron chi connectivity index (χ4n) is 2.71. The van der Waals surface area contributed by atoms with E-state index >= 15 is 0 Å². The third-order valence-corrected chi connectivity index (χ3v) is 3.93. The molecule has 1 fully saturated rings. The zero-order valence-corrected chi connectivity index (χ0v) is 12.8. The summed E-state index contributed by atoms with van der Waals surface area (Å²) in [4.78, 5) is 14.3. The van der Waals surface area contributed by atoms with E-state index in [1.54, 1.807) is 18.2 Å². The van der Waals surface area contributed by atoms with Gasteiger partial charge < -0.3 is 11.1 Å². The normalized spacial score (nSPS) is 18.8. The van der Waals surface area contributed by atoms with Gasteiger partial charge in [-0.1, -0.05) is 25.4 Å². The van der Waals surface area contributed by atoms with E-state index in [0.29, 0.717) is 22.9 Å². The van der Waals surface area contributed by atoms with Crippen molar-refractivity contribution in [3.05, 3.63) is 23.2 Å². The first kappa shape index (κ1) is 15.1. The molecule has 0 bridgehead atoms. The van der Waals surface area contributed by atoms with Crippen molar-refractivity contribution < 1.29 is 4.79 Å². The van der Waals surface area contributed by atoms with Gasteiger partial charge in [0, 0.05) is 12.2 Å². The molecule has 1 amide bonds. The maximum absolute atomic E-state index is 12.1. The first-order valence-electron chi connectivity index (χ1n) is 6.93. The van der Waals surface area contributed by atoms with Gasteiger partial charge in [0.15, 0.2) is 0 Å². The minimum absolute atomic E-state index is 0.0330. The molecule has 1 aliphatic heterocycles. The Hall–Kier alpha value is -1.26. The Morgan fingerprint density at radius 2 is 2.25 bits per heavy atom. The Balaban J connectivity index is 1.92. The molecule has 0 atom stereocenters. The zero-order valence-electron chi connectivity index (χ0n) is 12.1. The van der Waals surface area contributed by atoms with Crippen molar-refractivity contribution >= 4 is 28.9 Å². The molecule has 0 unspecified atom stereocenters. The van der Waals surface area contributed by atoms with Gasteiger partial charge >= 0.3 is 0 Å². The molecule has 0 radical (unpaired) electrons. The van der Waals surface area contributed by atoms with Crippen molar-refractivity contribution in [2.75, 3.05) is 30.7 Å². The summed E-state index contributed by atoms with van der Waals surface area (Å²) >= 11 is 6.05. The molecule has 3 N–H and O–H groups in total. The van der Waals surface area contributed by atoms with Crippen molar-refractivity contribution in [3.8, 4) is 0 Å².